The largest absolute Gasteiger partial charge is 0.370 e. The van der Waals surface area contributed by atoms with E-state index in [9.17, 15) is 26.7 Å². The van der Waals surface area contributed by atoms with Gasteiger partial charge < -0.3 is 4.74 Å². The van der Waals surface area contributed by atoms with Crippen LogP contribution in [0.2, 0.25) is 0 Å². The van der Waals surface area contributed by atoms with E-state index in [1.165, 1.54) is 0 Å². The standard InChI is InChI=1S/C11H11F5N2O2/c12-8-2-1-6(9(19)18-17)3-7(8)4-20-5-11(15,16)10(13)14/h1-3,10H,4-5,17H2,(H,18,19). The Kier molecular flexibility index (Phi) is 5.40. The molecule has 0 saturated carbocycles. The fourth-order valence-corrected chi connectivity index (χ4v) is 1.27. The molecule has 0 heterocycles. The van der Waals surface area contributed by atoms with Crippen molar-refractivity contribution in [2.24, 2.45) is 5.84 Å². The number of nitrogens with two attached hydrogens (primary N) is 1. The molecule has 3 N–H and O–H groups in total. The van der Waals surface area contributed by atoms with Crippen molar-refractivity contribution in [3.63, 3.8) is 0 Å². The first-order chi connectivity index (χ1) is 9.27. The molecule has 0 aliphatic rings. The summed E-state index contributed by atoms with van der Waals surface area (Å²) in [5, 5.41) is 0. The lowest BCUT2D eigenvalue weighted by molar-refractivity contribution is -0.168. The number of ether oxygens (including phenoxy) is 1. The topological polar surface area (TPSA) is 64.3 Å². The molecule has 0 aliphatic heterocycles. The van der Waals surface area contributed by atoms with Gasteiger partial charge in [-0.15, -0.1) is 0 Å². The van der Waals surface area contributed by atoms with E-state index in [0.29, 0.717) is 0 Å². The zero-order valence-electron chi connectivity index (χ0n) is 10.0. The van der Waals surface area contributed by atoms with Gasteiger partial charge in [-0.3, -0.25) is 10.2 Å². The van der Waals surface area contributed by atoms with Crippen molar-refractivity contribution in [3.05, 3.63) is 35.1 Å². The van der Waals surface area contributed by atoms with Crippen LogP contribution in [0.4, 0.5) is 22.0 Å². The van der Waals surface area contributed by atoms with Gasteiger partial charge in [0.15, 0.2) is 0 Å². The van der Waals surface area contributed by atoms with Gasteiger partial charge in [-0.05, 0) is 18.2 Å². The quantitative estimate of drug-likeness (QED) is 0.364. The lowest BCUT2D eigenvalue weighted by Crippen LogP contribution is -2.32. The van der Waals surface area contributed by atoms with Crippen molar-refractivity contribution in [2.45, 2.75) is 19.0 Å². The van der Waals surface area contributed by atoms with Crippen LogP contribution in [0, 0.1) is 5.82 Å². The Hall–Kier alpha value is -1.74. The molecule has 112 valence electrons. The van der Waals surface area contributed by atoms with Crippen LogP contribution in [0.15, 0.2) is 18.2 Å². The normalized spacial score (nSPS) is 11.8. The molecular weight excluding hydrogens is 287 g/mol. The summed E-state index contributed by atoms with van der Waals surface area (Å²) in [4.78, 5) is 11.2. The minimum atomic E-state index is -4.32. The number of nitrogen functional groups attached to an aromatic ring is 1. The Bertz CT molecular complexity index is 482. The van der Waals surface area contributed by atoms with Crippen molar-refractivity contribution >= 4 is 5.91 Å². The van der Waals surface area contributed by atoms with Crippen molar-refractivity contribution < 1.29 is 31.5 Å². The van der Waals surface area contributed by atoms with Crippen LogP contribution in [-0.2, 0) is 11.3 Å². The zero-order valence-corrected chi connectivity index (χ0v) is 10.0. The Morgan fingerprint density at radius 3 is 2.60 bits per heavy atom. The molecular formula is C11H11F5N2O2. The third-order valence-corrected chi connectivity index (χ3v) is 2.31. The van der Waals surface area contributed by atoms with Gasteiger partial charge in [-0.2, -0.15) is 8.78 Å². The molecule has 1 aromatic carbocycles. The fraction of sp³-hybridized carbons (Fsp3) is 0.364. The number of halogens is 5. The van der Waals surface area contributed by atoms with E-state index >= 15 is 0 Å². The summed E-state index contributed by atoms with van der Waals surface area (Å²) in [7, 11) is 0. The summed E-state index contributed by atoms with van der Waals surface area (Å²) in [5.74, 6) is -0.980. The molecule has 1 aromatic rings. The predicted octanol–water partition coefficient (Wildman–Crippen LogP) is 1.85. The lowest BCUT2D eigenvalue weighted by Gasteiger charge is -2.15. The third-order valence-electron chi connectivity index (χ3n) is 2.31. The monoisotopic (exact) mass is 298 g/mol. The number of benzene rings is 1. The number of rotatable bonds is 6. The molecule has 0 spiro atoms. The van der Waals surface area contributed by atoms with Gasteiger partial charge in [0.25, 0.3) is 5.91 Å². The first-order valence-corrected chi connectivity index (χ1v) is 5.31. The van der Waals surface area contributed by atoms with E-state index in [1.807, 2.05) is 0 Å². The minimum Gasteiger partial charge on any atom is -0.370 e. The second-order valence-electron chi connectivity index (χ2n) is 3.83. The molecule has 20 heavy (non-hydrogen) atoms. The highest BCUT2D eigenvalue weighted by atomic mass is 19.3. The predicted molar refractivity (Wildman–Crippen MR) is 58.7 cm³/mol. The summed E-state index contributed by atoms with van der Waals surface area (Å²) < 4.78 is 66.5. The van der Waals surface area contributed by atoms with Crippen molar-refractivity contribution in [1.29, 1.82) is 0 Å². The van der Waals surface area contributed by atoms with Crippen LogP contribution in [-0.4, -0.2) is 24.9 Å². The number of hydrogen-bond acceptors (Lipinski definition) is 3. The molecule has 9 heteroatoms. The summed E-state index contributed by atoms with van der Waals surface area (Å²) in [6.07, 6.45) is -3.87. The van der Waals surface area contributed by atoms with Gasteiger partial charge in [0.1, 0.15) is 12.4 Å². The summed E-state index contributed by atoms with van der Waals surface area (Å²) in [6, 6.07) is 3.06. The van der Waals surface area contributed by atoms with Crippen LogP contribution in [0.3, 0.4) is 0 Å². The molecule has 0 bridgehead atoms. The highest BCUT2D eigenvalue weighted by Gasteiger charge is 2.40. The van der Waals surface area contributed by atoms with Gasteiger partial charge in [0.05, 0.1) is 6.61 Å². The maximum Gasteiger partial charge on any atom is 0.330 e. The molecule has 0 atom stereocenters. The van der Waals surface area contributed by atoms with Crippen LogP contribution < -0.4 is 11.3 Å². The molecule has 0 aromatic heterocycles. The second-order valence-corrected chi connectivity index (χ2v) is 3.83. The maximum atomic E-state index is 13.3. The van der Waals surface area contributed by atoms with Crippen LogP contribution in [0.1, 0.15) is 15.9 Å². The van der Waals surface area contributed by atoms with Crippen LogP contribution in [0.5, 0.6) is 0 Å². The molecule has 1 rings (SSSR count). The smallest absolute Gasteiger partial charge is 0.330 e. The molecule has 0 saturated heterocycles. The van der Waals surface area contributed by atoms with Gasteiger partial charge in [0.2, 0.25) is 0 Å². The highest BCUT2D eigenvalue weighted by molar-refractivity contribution is 5.93. The number of hydrogen-bond donors (Lipinski definition) is 2. The van der Waals surface area contributed by atoms with Crippen molar-refractivity contribution in [1.82, 2.24) is 5.43 Å². The molecule has 1 amide bonds. The number of carbonyl (C=O) groups excluding carboxylic acids is 1. The lowest BCUT2D eigenvalue weighted by atomic mass is 10.1. The Morgan fingerprint density at radius 1 is 1.40 bits per heavy atom. The number of amides is 1. The van der Waals surface area contributed by atoms with Gasteiger partial charge in [0, 0.05) is 11.1 Å². The fourth-order valence-electron chi connectivity index (χ4n) is 1.27. The third kappa shape index (κ3) is 4.14. The number of hydrazine groups is 1. The summed E-state index contributed by atoms with van der Waals surface area (Å²) >= 11 is 0. The Labute approximate surface area is 110 Å². The molecule has 4 nitrogen and oxygen atoms in total. The van der Waals surface area contributed by atoms with E-state index in [1.54, 1.807) is 5.43 Å². The summed E-state index contributed by atoms with van der Waals surface area (Å²) in [6.45, 7) is -2.24. The number of carbonyl (C=O) groups is 1. The average molecular weight is 298 g/mol. The van der Waals surface area contributed by atoms with Crippen molar-refractivity contribution in [3.8, 4) is 0 Å². The highest BCUT2D eigenvalue weighted by Crippen LogP contribution is 2.23. The van der Waals surface area contributed by atoms with E-state index in [4.69, 9.17) is 5.84 Å². The van der Waals surface area contributed by atoms with Crippen LogP contribution in [0.25, 0.3) is 0 Å². The van der Waals surface area contributed by atoms with Gasteiger partial charge in [-0.1, -0.05) is 0 Å². The van der Waals surface area contributed by atoms with E-state index in [0.717, 1.165) is 18.2 Å². The number of alkyl halides is 4. The van der Waals surface area contributed by atoms with Gasteiger partial charge in [-0.25, -0.2) is 19.0 Å². The number of nitrogens with one attached hydrogen (secondary N) is 1. The van der Waals surface area contributed by atoms with E-state index < -0.39 is 37.3 Å². The summed E-state index contributed by atoms with van der Waals surface area (Å²) in [5.41, 5.74) is 1.56. The minimum absolute atomic E-state index is 0.0203. The molecule has 0 aliphatic carbocycles. The van der Waals surface area contributed by atoms with Crippen LogP contribution >= 0.6 is 0 Å². The first kappa shape index (κ1) is 16.3. The second kappa shape index (κ2) is 6.62. The van der Waals surface area contributed by atoms with E-state index in [2.05, 4.69) is 4.74 Å². The average Bonchev–Trinajstić information content (AvgIpc) is 2.39. The first-order valence-electron chi connectivity index (χ1n) is 5.31. The Morgan fingerprint density at radius 2 is 2.05 bits per heavy atom. The SMILES string of the molecule is NNC(=O)c1ccc(F)c(COCC(F)(F)C(F)F)c1. The van der Waals surface area contributed by atoms with E-state index in [-0.39, 0.29) is 11.1 Å². The van der Waals surface area contributed by atoms with Crippen molar-refractivity contribution in [2.75, 3.05) is 6.61 Å². The molecule has 0 unspecified atom stereocenters. The maximum absolute atomic E-state index is 13.3. The Balaban J connectivity index is 2.71. The molecule has 0 radical (unpaired) electrons. The zero-order chi connectivity index (χ0) is 15.3. The van der Waals surface area contributed by atoms with Gasteiger partial charge >= 0.3 is 12.3 Å². The molecule has 0 fully saturated rings.